The number of ether oxygens (including phenoxy) is 1. The molecule has 0 aliphatic rings. The van der Waals surface area contributed by atoms with Crippen LogP contribution < -0.4 is 16.0 Å². The van der Waals surface area contributed by atoms with Crippen LogP contribution in [0.5, 0.6) is 5.75 Å². The van der Waals surface area contributed by atoms with Crippen molar-refractivity contribution in [3.8, 4) is 5.75 Å². The molecular weight excluding hydrogens is 260 g/mol. The van der Waals surface area contributed by atoms with Crippen LogP contribution in [0.15, 0.2) is 24.4 Å². The summed E-state index contributed by atoms with van der Waals surface area (Å²) in [5.41, 5.74) is 3.57. The van der Waals surface area contributed by atoms with Crippen LogP contribution in [0, 0.1) is 0 Å². The molecule has 7 heteroatoms. The Hall–Kier alpha value is -1.21. The molecule has 90 valence electrons. The zero-order valence-electron chi connectivity index (χ0n) is 9.05. The maximum Gasteiger partial charge on any atom is 0.124 e. The van der Waals surface area contributed by atoms with Crippen molar-refractivity contribution >= 4 is 23.1 Å². The lowest BCUT2D eigenvalue weighted by molar-refractivity contribution is 0.404. The standard InChI is InChI=1S/C10H11ClN4OS/c1-16-8-3-2-6(11)4-7(8)10(14-12)9-5-13-15-17-9/h2-5,10,14H,12H2,1H3. The Morgan fingerprint density at radius 3 is 2.94 bits per heavy atom. The predicted molar refractivity (Wildman–Crippen MR) is 67.1 cm³/mol. The van der Waals surface area contributed by atoms with E-state index in [1.54, 1.807) is 25.4 Å². The van der Waals surface area contributed by atoms with Gasteiger partial charge in [0.05, 0.1) is 24.2 Å². The smallest absolute Gasteiger partial charge is 0.124 e. The number of methoxy groups -OCH3 is 1. The highest BCUT2D eigenvalue weighted by Gasteiger charge is 2.19. The quantitative estimate of drug-likeness (QED) is 0.654. The van der Waals surface area contributed by atoms with Gasteiger partial charge in [-0.05, 0) is 29.7 Å². The largest absolute Gasteiger partial charge is 0.496 e. The first-order chi connectivity index (χ1) is 8.26. The molecule has 0 amide bonds. The topological polar surface area (TPSA) is 73.1 Å². The summed E-state index contributed by atoms with van der Waals surface area (Å²) in [4.78, 5) is 0.896. The summed E-state index contributed by atoms with van der Waals surface area (Å²) in [6, 6.07) is 5.15. The summed E-state index contributed by atoms with van der Waals surface area (Å²) in [6.45, 7) is 0. The number of hydrogen-bond acceptors (Lipinski definition) is 6. The van der Waals surface area contributed by atoms with Gasteiger partial charge in [0.15, 0.2) is 0 Å². The molecule has 1 aromatic heterocycles. The van der Waals surface area contributed by atoms with E-state index in [4.69, 9.17) is 22.2 Å². The Kier molecular flexibility index (Phi) is 3.90. The van der Waals surface area contributed by atoms with Crippen LogP contribution in [0.25, 0.3) is 0 Å². The van der Waals surface area contributed by atoms with Crippen LogP contribution in [-0.2, 0) is 0 Å². The van der Waals surface area contributed by atoms with Crippen molar-refractivity contribution in [2.75, 3.05) is 7.11 Å². The fraction of sp³-hybridized carbons (Fsp3) is 0.200. The lowest BCUT2D eigenvalue weighted by Crippen LogP contribution is -2.28. The van der Waals surface area contributed by atoms with E-state index < -0.39 is 0 Å². The van der Waals surface area contributed by atoms with Crippen LogP contribution in [-0.4, -0.2) is 16.7 Å². The van der Waals surface area contributed by atoms with E-state index in [2.05, 4.69) is 15.0 Å². The average Bonchev–Trinajstić information content (AvgIpc) is 2.84. The van der Waals surface area contributed by atoms with Gasteiger partial charge in [-0.1, -0.05) is 16.1 Å². The number of nitrogens with zero attached hydrogens (tertiary/aromatic N) is 2. The number of nitrogens with one attached hydrogen (secondary N) is 1. The summed E-state index contributed by atoms with van der Waals surface area (Å²) in [7, 11) is 1.60. The van der Waals surface area contributed by atoms with Gasteiger partial charge in [-0.25, -0.2) is 5.43 Å². The van der Waals surface area contributed by atoms with Gasteiger partial charge in [0.2, 0.25) is 0 Å². The third-order valence-electron chi connectivity index (χ3n) is 2.33. The van der Waals surface area contributed by atoms with Gasteiger partial charge in [0.1, 0.15) is 5.75 Å². The normalized spacial score (nSPS) is 12.4. The Balaban J connectivity index is 2.46. The second-order valence-corrected chi connectivity index (χ2v) is 4.56. The number of hydrazine groups is 1. The minimum Gasteiger partial charge on any atom is -0.496 e. The van der Waals surface area contributed by atoms with Crippen molar-refractivity contribution in [1.82, 2.24) is 15.0 Å². The molecular formula is C10H11ClN4OS. The second-order valence-electron chi connectivity index (χ2n) is 3.31. The summed E-state index contributed by atoms with van der Waals surface area (Å²) in [5.74, 6) is 6.29. The molecule has 0 saturated heterocycles. The van der Waals surface area contributed by atoms with E-state index in [9.17, 15) is 0 Å². The molecule has 0 aliphatic heterocycles. The average molecular weight is 271 g/mol. The summed E-state index contributed by atoms with van der Waals surface area (Å²) in [6.07, 6.45) is 1.66. The highest BCUT2D eigenvalue weighted by Crippen LogP contribution is 2.32. The summed E-state index contributed by atoms with van der Waals surface area (Å²) >= 11 is 7.26. The lowest BCUT2D eigenvalue weighted by atomic mass is 10.1. The zero-order valence-corrected chi connectivity index (χ0v) is 10.6. The molecule has 0 spiro atoms. The van der Waals surface area contributed by atoms with Gasteiger partial charge in [0.25, 0.3) is 0 Å². The molecule has 0 aliphatic carbocycles. The molecule has 1 aromatic carbocycles. The van der Waals surface area contributed by atoms with Gasteiger partial charge in [0, 0.05) is 10.6 Å². The molecule has 1 atom stereocenters. The molecule has 1 heterocycles. The molecule has 1 unspecified atom stereocenters. The second kappa shape index (κ2) is 5.42. The van der Waals surface area contributed by atoms with Crippen molar-refractivity contribution in [3.63, 3.8) is 0 Å². The van der Waals surface area contributed by atoms with E-state index in [0.29, 0.717) is 10.8 Å². The fourth-order valence-corrected chi connectivity index (χ4v) is 2.32. The van der Waals surface area contributed by atoms with Crippen LogP contribution in [0.4, 0.5) is 0 Å². The van der Waals surface area contributed by atoms with E-state index in [1.165, 1.54) is 11.5 Å². The molecule has 2 rings (SSSR count). The number of nitrogens with two attached hydrogens (primary N) is 1. The zero-order chi connectivity index (χ0) is 12.3. The van der Waals surface area contributed by atoms with E-state index in [-0.39, 0.29) is 6.04 Å². The highest BCUT2D eigenvalue weighted by molar-refractivity contribution is 7.05. The maximum atomic E-state index is 5.98. The molecule has 0 saturated carbocycles. The van der Waals surface area contributed by atoms with Crippen LogP contribution >= 0.6 is 23.1 Å². The molecule has 2 aromatic rings. The molecule has 5 nitrogen and oxygen atoms in total. The van der Waals surface area contributed by atoms with Gasteiger partial charge in [-0.3, -0.25) is 5.84 Å². The lowest BCUT2D eigenvalue weighted by Gasteiger charge is -2.17. The van der Waals surface area contributed by atoms with Crippen molar-refractivity contribution in [2.24, 2.45) is 5.84 Å². The third kappa shape index (κ3) is 2.55. The van der Waals surface area contributed by atoms with E-state index in [1.807, 2.05) is 6.07 Å². The Labute approximate surface area is 108 Å². The van der Waals surface area contributed by atoms with Gasteiger partial charge >= 0.3 is 0 Å². The van der Waals surface area contributed by atoms with Gasteiger partial charge in [-0.2, -0.15) is 0 Å². The number of rotatable bonds is 4. The third-order valence-corrected chi connectivity index (χ3v) is 3.30. The molecule has 0 radical (unpaired) electrons. The monoisotopic (exact) mass is 270 g/mol. The van der Waals surface area contributed by atoms with E-state index in [0.717, 1.165) is 10.4 Å². The number of hydrogen-bond donors (Lipinski definition) is 2. The highest BCUT2D eigenvalue weighted by atomic mass is 35.5. The van der Waals surface area contributed by atoms with E-state index >= 15 is 0 Å². The number of benzene rings is 1. The van der Waals surface area contributed by atoms with Crippen molar-refractivity contribution in [2.45, 2.75) is 6.04 Å². The van der Waals surface area contributed by atoms with Crippen molar-refractivity contribution in [1.29, 1.82) is 0 Å². The SMILES string of the molecule is COc1ccc(Cl)cc1C(NN)c1cnns1. The van der Waals surface area contributed by atoms with Crippen molar-refractivity contribution < 1.29 is 4.74 Å². The number of halogens is 1. The fourth-order valence-electron chi connectivity index (χ4n) is 1.56. The van der Waals surface area contributed by atoms with Crippen LogP contribution in [0.1, 0.15) is 16.5 Å². The first kappa shape index (κ1) is 12.3. The predicted octanol–water partition coefficient (Wildman–Crippen LogP) is 1.75. The Morgan fingerprint density at radius 1 is 1.53 bits per heavy atom. The van der Waals surface area contributed by atoms with Gasteiger partial charge in [-0.15, -0.1) is 5.10 Å². The summed E-state index contributed by atoms with van der Waals surface area (Å²) < 4.78 is 9.11. The Bertz CT molecular complexity index is 491. The number of aromatic nitrogens is 2. The van der Waals surface area contributed by atoms with Crippen LogP contribution in [0.3, 0.4) is 0 Å². The molecule has 0 bridgehead atoms. The molecule has 0 fully saturated rings. The molecule has 3 N–H and O–H groups in total. The van der Waals surface area contributed by atoms with Gasteiger partial charge < -0.3 is 4.74 Å². The molecule has 17 heavy (non-hydrogen) atoms. The van der Waals surface area contributed by atoms with Crippen LogP contribution in [0.2, 0.25) is 5.02 Å². The maximum absolute atomic E-state index is 5.98. The van der Waals surface area contributed by atoms with Crippen molar-refractivity contribution in [3.05, 3.63) is 39.9 Å². The summed E-state index contributed by atoms with van der Waals surface area (Å²) in [5, 5.41) is 4.42. The minimum atomic E-state index is -0.233. The minimum absolute atomic E-state index is 0.233. The first-order valence-corrected chi connectivity index (χ1v) is 5.98. The first-order valence-electron chi connectivity index (χ1n) is 4.83. The Morgan fingerprint density at radius 2 is 2.35 bits per heavy atom.